The zero-order valence-electron chi connectivity index (χ0n) is 10.5. The van der Waals surface area contributed by atoms with Gasteiger partial charge in [0.05, 0.1) is 5.02 Å². The standard InChI is InChI=1S/C15H14BrClFN/c1-19-14(10-5-7-12(16)8-6-10)9-11-3-2-4-13(17)15(11)18/h2-8,14,19H,9H2,1H3. The van der Waals surface area contributed by atoms with E-state index in [4.69, 9.17) is 11.6 Å². The molecule has 0 amide bonds. The van der Waals surface area contributed by atoms with Crippen LogP contribution in [0.2, 0.25) is 5.02 Å². The molecule has 19 heavy (non-hydrogen) atoms. The maximum Gasteiger partial charge on any atom is 0.145 e. The van der Waals surface area contributed by atoms with Crippen LogP contribution in [0.1, 0.15) is 17.2 Å². The summed E-state index contributed by atoms with van der Waals surface area (Å²) in [5.74, 6) is -0.332. The molecule has 2 aromatic carbocycles. The summed E-state index contributed by atoms with van der Waals surface area (Å²) in [7, 11) is 1.87. The van der Waals surface area contributed by atoms with Crippen LogP contribution in [0, 0.1) is 5.82 Å². The van der Waals surface area contributed by atoms with Crippen LogP contribution >= 0.6 is 27.5 Å². The number of benzene rings is 2. The molecule has 0 fully saturated rings. The summed E-state index contributed by atoms with van der Waals surface area (Å²) in [4.78, 5) is 0. The first kappa shape index (κ1) is 14.5. The summed E-state index contributed by atoms with van der Waals surface area (Å²) in [5.41, 5.74) is 1.74. The molecule has 0 bridgehead atoms. The number of hydrogen-bond acceptors (Lipinski definition) is 1. The smallest absolute Gasteiger partial charge is 0.145 e. The van der Waals surface area contributed by atoms with Gasteiger partial charge in [-0.3, -0.25) is 0 Å². The van der Waals surface area contributed by atoms with Crippen molar-refractivity contribution in [3.8, 4) is 0 Å². The molecule has 100 valence electrons. The minimum atomic E-state index is -0.332. The molecule has 0 aliphatic heterocycles. The quantitative estimate of drug-likeness (QED) is 0.846. The van der Waals surface area contributed by atoms with Gasteiger partial charge >= 0.3 is 0 Å². The molecular formula is C15H14BrClFN. The molecule has 0 spiro atoms. The van der Waals surface area contributed by atoms with Crippen LogP contribution in [0.25, 0.3) is 0 Å². The van der Waals surface area contributed by atoms with Gasteiger partial charge in [0.1, 0.15) is 5.82 Å². The minimum absolute atomic E-state index is 0.0565. The highest BCUT2D eigenvalue weighted by atomic mass is 79.9. The van der Waals surface area contributed by atoms with Crippen molar-refractivity contribution in [3.63, 3.8) is 0 Å². The topological polar surface area (TPSA) is 12.0 Å². The van der Waals surface area contributed by atoms with Crippen LogP contribution in [0.5, 0.6) is 0 Å². The average Bonchev–Trinajstić information content (AvgIpc) is 2.42. The molecule has 2 rings (SSSR count). The van der Waals surface area contributed by atoms with Gasteiger partial charge in [0.2, 0.25) is 0 Å². The fraction of sp³-hybridized carbons (Fsp3) is 0.200. The predicted octanol–water partition coefficient (Wildman–Crippen LogP) is 4.74. The van der Waals surface area contributed by atoms with E-state index in [0.717, 1.165) is 10.0 Å². The molecule has 1 N–H and O–H groups in total. The third kappa shape index (κ3) is 3.56. The van der Waals surface area contributed by atoms with Crippen LogP contribution < -0.4 is 5.32 Å². The Hall–Kier alpha value is -0.900. The summed E-state index contributed by atoms with van der Waals surface area (Å²) in [5, 5.41) is 3.38. The fourth-order valence-corrected chi connectivity index (χ4v) is 2.47. The highest BCUT2D eigenvalue weighted by molar-refractivity contribution is 9.10. The molecule has 0 saturated carbocycles. The molecule has 1 unspecified atom stereocenters. The Labute approximate surface area is 125 Å². The second-order valence-electron chi connectivity index (χ2n) is 4.31. The lowest BCUT2D eigenvalue weighted by Gasteiger charge is -2.17. The Kier molecular flexibility index (Phi) is 4.97. The van der Waals surface area contributed by atoms with Crippen LogP contribution in [0.3, 0.4) is 0 Å². The Bertz CT molecular complexity index is 557. The summed E-state index contributed by atoms with van der Waals surface area (Å²) in [6.45, 7) is 0. The summed E-state index contributed by atoms with van der Waals surface area (Å²) < 4.78 is 14.9. The van der Waals surface area contributed by atoms with Gasteiger partial charge in [0.25, 0.3) is 0 Å². The summed E-state index contributed by atoms with van der Waals surface area (Å²) >= 11 is 9.21. The molecular weight excluding hydrogens is 329 g/mol. The van der Waals surface area contributed by atoms with Crippen molar-refractivity contribution in [3.05, 3.63) is 68.9 Å². The van der Waals surface area contributed by atoms with Crippen molar-refractivity contribution in [2.75, 3.05) is 7.05 Å². The molecule has 0 aliphatic rings. The van der Waals surface area contributed by atoms with Gasteiger partial charge in [-0.25, -0.2) is 4.39 Å². The van der Waals surface area contributed by atoms with E-state index in [0.29, 0.717) is 12.0 Å². The zero-order valence-corrected chi connectivity index (χ0v) is 12.8. The van der Waals surface area contributed by atoms with Crippen LogP contribution in [0.15, 0.2) is 46.9 Å². The Balaban J connectivity index is 2.24. The number of rotatable bonds is 4. The zero-order chi connectivity index (χ0) is 13.8. The van der Waals surface area contributed by atoms with E-state index in [2.05, 4.69) is 21.2 Å². The molecule has 1 nitrogen and oxygen atoms in total. The molecule has 1 atom stereocenters. The van der Waals surface area contributed by atoms with E-state index in [1.807, 2.05) is 31.3 Å². The lowest BCUT2D eigenvalue weighted by Crippen LogP contribution is -2.19. The fourth-order valence-electron chi connectivity index (χ4n) is 2.01. The number of likely N-dealkylation sites (N-methyl/N-ethyl adjacent to an activating group) is 1. The molecule has 0 aliphatic carbocycles. The molecule has 0 radical (unpaired) electrons. The normalized spacial score (nSPS) is 12.4. The van der Waals surface area contributed by atoms with E-state index in [-0.39, 0.29) is 16.9 Å². The third-order valence-corrected chi connectivity index (χ3v) is 3.90. The number of hydrogen-bond donors (Lipinski definition) is 1. The van der Waals surface area contributed by atoms with Crippen molar-refractivity contribution in [2.45, 2.75) is 12.5 Å². The van der Waals surface area contributed by atoms with Crippen molar-refractivity contribution >= 4 is 27.5 Å². The largest absolute Gasteiger partial charge is 0.313 e. The summed E-state index contributed by atoms with van der Waals surface area (Å²) in [6, 6.07) is 13.2. The monoisotopic (exact) mass is 341 g/mol. The second-order valence-corrected chi connectivity index (χ2v) is 5.63. The number of halogens is 3. The van der Waals surface area contributed by atoms with Gasteiger partial charge in [-0.05, 0) is 42.8 Å². The van der Waals surface area contributed by atoms with Crippen LogP contribution in [-0.4, -0.2) is 7.05 Å². The van der Waals surface area contributed by atoms with Crippen molar-refractivity contribution < 1.29 is 4.39 Å². The first-order valence-corrected chi connectivity index (χ1v) is 7.14. The molecule has 0 saturated heterocycles. The summed E-state index contributed by atoms with van der Waals surface area (Å²) in [6.07, 6.45) is 0.560. The van der Waals surface area contributed by atoms with E-state index < -0.39 is 0 Å². The van der Waals surface area contributed by atoms with Gasteiger partial charge in [0.15, 0.2) is 0 Å². The van der Waals surface area contributed by atoms with E-state index in [1.54, 1.807) is 18.2 Å². The molecule has 0 aromatic heterocycles. The Morgan fingerprint density at radius 1 is 1.21 bits per heavy atom. The van der Waals surface area contributed by atoms with Gasteiger partial charge in [-0.15, -0.1) is 0 Å². The van der Waals surface area contributed by atoms with E-state index in [9.17, 15) is 4.39 Å². The first-order valence-electron chi connectivity index (χ1n) is 5.97. The van der Waals surface area contributed by atoms with Gasteiger partial charge < -0.3 is 5.32 Å². The highest BCUT2D eigenvalue weighted by Gasteiger charge is 2.14. The van der Waals surface area contributed by atoms with Crippen molar-refractivity contribution in [1.82, 2.24) is 5.32 Å². The van der Waals surface area contributed by atoms with Gasteiger partial charge in [-0.1, -0.05) is 51.8 Å². The first-order chi connectivity index (χ1) is 9.11. The second kappa shape index (κ2) is 6.51. The number of nitrogens with one attached hydrogen (secondary N) is 1. The maximum absolute atomic E-state index is 13.9. The van der Waals surface area contributed by atoms with Gasteiger partial charge in [0, 0.05) is 10.5 Å². The predicted molar refractivity (Wildman–Crippen MR) is 81.1 cm³/mol. The molecule has 0 heterocycles. The SMILES string of the molecule is CNC(Cc1cccc(Cl)c1F)c1ccc(Br)cc1. The van der Waals surface area contributed by atoms with E-state index >= 15 is 0 Å². The van der Waals surface area contributed by atoms with E-state index in [1.165, 1.54) is 0 Å². The Morgan fingerprint density at radius 3 is 2.53 bits per heavy atom. The van der Waals surface area contributed by atoms with Crippen LogP contribution in [-0.2, 0) is 6.42 Å². The van der Waals surface area contributed by atoms with Gasteiger partial charge in [-0.2, -0.15) is 0 Å². The average molecular weight is 343 g/mol. The maximum atomic E-state index is 13.9. The lowest BCUT2D eigenvalue weighted by atomic mass is 9.99. The highest BCUT2D eigenvalue weighted by Crippen LogP contribution is 2.24. The van der Waals surface area contributed by atoms with Crippen LogP contribution in [0.4, 0.5) is 4.39 Å². The molecule has 2 aromatic rings. The lowest BCUT2D eigenvalue weighted by molar-refractivity contribution is 0.554. The Morgan fingerprint density at radius 2 is 1.89 bits per heavy atom. The minimum Gasteiger partial charge on any atom is -0.313 e. The molecule has 4 heteroatoms. The van der Waals surface area contributed by atoms with Crippen molar-refractivity contribution in [1.29, 1.82) is 0 Å². The third-order valence-electron chi connectivity index (χ3n) is 3.08. The van der Waals surface area contributed by atoms with Crippen molar-refractivity contribution in [2.24, 2.45) is 0 Å².